The van der Waals surface area contributed by atoms with Crippen molar-refractivity contribution < 1.29 is 27.8 Å². The fraction of sp³-hybridized carbons (Fsp3) is 0.0714. The summed E-state index contributed by atoms with van der Waals surface area (Å²) in [5, 5.41) is 8.66. The van der Waals surface area contributed by atoms with Crippen LogP contribution in [0.4, 0.5) is 13.2 Å². The molecule has 2 rings (SSSR count). The zero-order chi connectivity index (χ0) is 14.7. The van der Waals surface area contributed by atoms with Crippen molar-refractivity contribution in [2.45, 2.75) is 6.61 Å². The van der Waals surface area contributed by atoms with Crippen LogP contribution in [0.1, 0.15) is 15.9 Å². The van der Waals surface area contributed by atoms with Crippen LogP contribution >= 0.6 is 0 Å². The summed E-state index contributed by atoms with van der Waals surface area (Å²) < 4.78 is 44.5. The molecule has 0 radical (unpaired) electrons. The van der Waals surface area contributed by atoms with Gasteiger partial charge in [-0.1, -0.05) is 0 Å². The standard InChI is InChI=1S/C14H9F3O3/c15-9-2-1-8(12(16)5-9)7-20-10-3-4-11(14(18)19)13(17)6-10/h1-6H,7H2,(H,18,19). The minimum absolute atomic E-state index is 0.0521. The SMILES string of the molecule is O=C(O)c1ccc(OCc2ccc(F)cc2F)cc1F. The van der Waals surface area contributed by atoms with Gasteiger partial charge in [0.1, 0.15) is 29.8 Å². The van der Waals surface area contributed by atoms with Gasteiger partial charge in [0.15, 0.2) is 0 Å². The van der Waals surface area contributed by atoms with Crippen molar-refractivity contribution in [1.29, 1.82) is 0 Å². The number of carbonyl (C=O) groups is 1. The highest BCUT2D eigenvalue weighted by atomic mass is 19.1. The van der Waals surface area contributed by atoms with E-state index in [0.717, 1.165) is 18.2 Å². The van der Waals surface area contributed by atoms with Gasteiger partial charge in [0.05, 0.1) is 5.56 Å². The highest BCUT2D eigenvalue weighted by Gasteiger charge is 2.11. The van der Waals surface area contributed by atoms with E-state index in [1.165, 1.54) is 12.1 Å². The number of benzene rings is 2. The third-order valence-corrected chi connectivity index (χ3v) is 2.58. The van der Waals surface area contributed by atoms with Gasteiger partial charge in [0, 0.05) is 17.7 Å². The summed E-state index contributed by atoms with van der Waals surface area (Å²) in [6.07, 6.45) is 0. The van der Waals surface area contributed by atoms with Gasteiger partial charge < -0.3 is 9.84 Å². The van der Waals surface area contributed by atoms with E-state index in [0.29, 0.717) is 6.07 Å². The van der Waals surface area contributed by atoms with Crippen molar-refractivity contribution in [2.75, 3.05) is 0 Å². The van der Waals surface area contributed by atoms with E-state index in [-0.39, 0.29) is 17.9 Å². The van der Waals surface area contributed by atoms with E-state index in [2.05, 4.69) is 0 Å². The Balaban J connectivity index is 2.11. The van der Waals surface area contributed by atoms with Crippen molar-refractivity contribution >= 4 is 5.97 Å². The summed E-state index contributed by atoms with van der Waals surface area (Å²) in [6, 6.07) is 6.21. The van der Waals surface area contributed by atoms with Crippen LogP contribution in [0, 0.1) is 17.5 Å². The minimum atomic E-state index is -1.39. The van der Waals surface area contributed by atoms with Crippen molar-refractivity contribution in [3.8, 4) is 5.75 Å². The van der Waals surface area contributed by atoms with Gasteiger partial charge in [-0.05, 0) is 24.3 Å². The fourth-order valence-corrected chi connectivity index (χ4v) is 1.56. The molecule has 0 fully saturated rings. The van der Waals surface area contributed by atoms with Crippen LogP contribution < -0.4 is 4.74 Å². The Morgan fingerprint density at radius 1 is 1.05 bits per heavy atom. The molecule has 0 bridgehead atoms. The normalized spacial score (nSPS) is 10.3. The lowest BCUT2D eigenvalue weighted by atomic mass is 10.2. The zero-order valence-electron chi connectivity index (χ0n) is 10.1. The van der Waals surface area contributed by atoms with Crippen molar-refractivity contribution in [3.63, 3.8) is 0 Å². The maximum absolute atomic E-state index is 13.4. The van der Waals surface area contributed by atoms with Crippen LogP contribution in [-0.2, 0) is 6.61 Å². The molecule has 1 N–H and O–H groups in total. The van der Waals surface area contributed by atoms with E-state index >= 15 is 0 Å². The van der Waals surface area contributed by atoms with Crippen molar-refractivity contribution in [3.05, 3.63) is 65.0 Å². The first-order chi connectivity index (χ1) is 9.47. The summed E-state index contributed by atoms with van der Waals surface area (Å²) in [7, 11) is 0. The molecule has 0 amide bonds. The third kappa shape index (κ3) is 3.09. The molecular formula is C14H9F3O3. The van der Waals surface area contributed by atoms with Gasteiger partial charge >= 0.3 is 5.97 Å². The summed E-state index contributed by atoms with van der Waals surface area (Å²) in [5.74, 6) is -3.76. The molecule has 0 saturated carbocycles. The third-order valence-electron chi connectivity index (χ3n) is 2.58. The molecule has 0 spiro atoms. The lowest BCUT2D eigenvalue weighted by molar-refractivity contribution is 0.0692. The molecule has 2 aromatic rings. The Kier molecular flexibility index (Phi) is 3.93. The second kappa shape index (κ2) is 5.64. The highest BCUT2D eigenvalue weighted by molar-refractivity contribution is 5.88. The average molecular weight is 282 g/mol. The molecule has 20 heavy (non-hydrogen) atoms. The zero-order valence-corrected chi connectivity index (χ0v) is 10.1. The molecule has 0 aliphatic rings. The van der Waals surface area contributed by atoms with Gasteiger partial charge in [0.2, 0.25) is 0 Å². The molecule has 6 heteroatoms. The number of carboxylic acid groups (broad SMARTS) is 1. The lowest BCUT2D eigenvalue weighted by Gasteiger charge is -2.08. The Bertz CT molecular complexity index is 656. The molecule has 2 aromatic carbocycles. The van der Waals surface area contributed by atoms with Crippen LogP contribution in [-0.4, -0.2) is 11.1 Å². The molecule has 0 aromatic heterocycles. The molecule has 104 valence electrons. The predicted octanol–water partition coefficient (Wildman–Crippen LogP) is 3.38. The number of hydrogen-bond acceptors (Lipinski definition) is 2. The Hall–Kier alpha value is -2.50. The first-order valence-corrected chi connectivity index (χ1v) is 5.57. The lowest BCUT2D eigenvalue weighted by Crippen LogP contribution is -2.02. The van der Waals surface area contributed by atoms with Crippen LogP contribution in [0.15, 0.2) is 36.4 Å². The minimum Gasteiger partial charge on any atom is -0.489 e. The van der Waals surface area contributed by atoms with E-state index in [9.17, 15) is 18.0 Å². The van der Waals surface area contributed by atoms with E-state index in [1.807, 2.05) is 0 Å². The molecule has 0 aliphatic carbocycles. The van der Waals surface area contributed by atoms with Gasteiger partial charge in [-0.25, -0.2) is 18.0 Å². The summed E-state index contributed by atoms with van der Waals surface area (Å²) in [4.78, 5) is 10.6. The van der Waals surface area contributed by atoms with Gasteiger partial charge in [-0.3, -0.25) is 0 Å². The quantitative estimate of drug-likeness (QED) is 0.935. The number of halogens is 3. The fourth-order valence-electron chi connectivity index (χ4n) is 1.56. The molecule has 3 nitrogen and oxygen atoms in total. The van der Waals surface area contributed by atoms with Crippen molar-refractivity contribution in [1.82, 2.24) is 0 Å². The molecule has 0 heterocycles. The maximum atomic E-state index is 13.4. The van der Waals surface area contributed by atoms with Crippen molar-refractivity contribution in [2.24, 2.45) is 0 Å². The van der Waals surface area contributed by atoms with Gasteiger partial charge in [-0.2, -0.15) is 0 Å². The molecule has 0 saturated heterocycles. The topological polar surface area (TPSA) is 46.5 Å². The molecular weight excluding hydrogens is 273 g/mol. The first-order valence-electron chi connectivity index (χ1n) is 5.57. The smallest absolute Gasteiger partial charge is 0.338 e. The average Bonchev–Trinajstić information content (AvgIpc) is 2.37. The van der Waals surface area contributed by atoms with Crippen LogP contribution in [0.5, 0.6) is 5.75 Å². The van der Waals surface area contributed by atoms with Crippen LogP contribution in [0.2, 0.25) is 0 Å². The number of ether oxygens (including phenoxy) is 1. The van der Waals surface area contributed by atoms with Crippen LogP contribution in [0.25, 0.3) is 0 Å². The van der Waals surface area contributed by atoms with Crippen LogP contribution in [0.3, 0.4) is 0 Å². The highest BCUT2D eigenvalue weighted by Crippen LogP contribution is 2.19. The van der Waals surface area contributed by atoms with E-state index in [1.54, 1.807) is 0 Å². The van der Waals surface area contributed by atoms with E-state index in [4.69, 9.17) is 9.84 Å². The number of carboxylic acids is 1. The summed E-state index contributed by atoms with van der Waals surface area (Å²) in [5.41, 5.74) is -0.376. The molecule has 0 unspecified atom stereocenters. The predicted molar refractivity (Wildman–Crippen MR) is 64.0 cm³/mol. The Morgan fingerprint density at radius 2 is 1.80 bits per heavy atom. The number of hydrogen-bond donors (Lipinski definition) is 1. The monoisotopic (exact) mass is 282 g/mol. The second-order valence-electron chi connectivity index (χ2n) is 3.97. The second-order valence-corrected chi connectivity index (χ2v) is 3.97. The Labute approximate surface area is 112 Å². The van der Waals surface area contributed by atoms with Gasteiger partial charge in [0.25, 0.3) is 0 Å². The molecule has 0 atom stereocenters. The molecule has 0 aliphatic heterocycles. The number of aromatic carboxylic acids is 1. The largest absolute Gasteiger partial charge is 0.489 e. The number of rotatable bonds is 4. The van der Waals surface area contributed by atoms with Gasteiger partial charge in [-0.15, -0.1) is 0 Å². The first kappa shape index (κ1) is 13.9. The summed E-state index contributed by atoms with van der Waals surface area (Å²) in [6.45, 7) is -0.224. The maximum Gasteiger partial charge on any atom is 0.338 e. The Morgan fingerprint density at radius 3 is 2.40 bits per heavy atom. The summed E-state index contributed by atoms with van der Waals surface area (Å²) >= 11 is 0. The van der Waals surface area contributed by atoms with E-state index < -0.39 is 29.0 Å².